The summed E-state index contributed by atoms with van der Waals surface area (Å²) in [6.07, 6.45) is -0.497. The minimum Gasteiger partial charge on any atom is -0.378 e. The van der Waals surface area contributed by atoms with Crippen LogP contribution in [-0.4, -0.2) is 16.3 Å². The molecule has 0 aromatic carbocycles. The highest BCUT2D eigenvalue weighted by Crippen LogP contribution is 2.29. The summed E-state index contributed by atoms with van der Waals surface area (Å²) in [7, 11) is 0. The van der Waals surface area contributed by atoms with Crippen molar-refractivity contribution in [2.75, 3.05) is 0 Å². The molecule has 6 heteroatoms. The van der Waals surface area contributed by atoms with E-state index in [9.17, 15) is 4.39 Å². The summed E-state index contributed by atoms with van der Waals surface area (Å²) < 4.78 is 12.5. The van der Waals surface area contributed by atoms with Gasteiger partial charge in [-0.2, -0.15) is 5.26 Å². The van der Waals surface area contributed by atoms with E-state index in [0.717, 1.165) is 6.08 Å². The van der Waals surface area contributed by atoms with Crippen molar-refractivity contribution in [3.63, 3.8) is 0 Å². The van der Waals surface area contributed by atoms with Gasteiger partial charge in [-0.3, -0.25) is 0 Å². The molecule has 5 N–H and O–H groups in total. The number of halogens is 2. The highest BCUT2D eigenvalue weighted by molar-refractivity contribution is 6.26. The maximum absolute atomic E-state index is 12.5. The van der Waals surface area contributed by atoms with Gasteiger partial charge in [0.05, 0.1) is 11.6 Å². The van der Waals surface area contributed by atoms with Gasteiger partial charge >= 0.3 is 0 Å². The Hall–Kier alpha value is -0.930. The summed E-state index contributed by atoms with van der Waals surface area (Å²) in [5, 5.41) is 17.8. The van der Waals surface area contributed by atoms with Crippen LogP contribution in [0.2, 0.25) is 0 Å². The van der Waals surface area contributed by atoms with Crippen LogP contribution < -0.4 is 11.5 Å². The smallest absolute Gasteiger partial charge is 0.133 e. The molecule has 0 aromatic heterocycles. The van der Waals surface area contributed by atoms with Crippen LogP contribution in [0.15, 0.2) is 24.1 Å². The predicted octanol–water partition coefficient (Wildman–Crippen LogP) is 0.727. The van der Waals surface area contributed by atoms with Gasteiger partial charge in [-0.15, -0.1) is 0 Å². The van der Waals surface area contributed by atoms with Crippen molar-refractivity contribution in [1.82, 2.24) is 0 Å². The van der Waals surface area contributed by atoms with Crippen LogP contribution in [-0.2, 0) is 0 Å². The lowest BCUT2D eigenvalue weighted by molar-refractivity contribution is 0.107. The third kappa shape index (κ3) is 3.61. The van der Waals surface area contributed by atoms with Crippen LogP contribution in [0.3, 0.4) is 0 Å². The lowest BCUT2D eigenvalue weighted by Crippen LogP contribution is -2.49. The van der Waals surface area contributed by atoms with E-state index < -0.39 is 23.0 Å². The Morgan fingerprint density at radius 3 is 2.53 bits per heavy atom. The van der Waals surface area contributed by atoms with Gasteiger partial charge in [-0.1, -0.05) is 25.1 Å². The molecule has 0 bridgehead atoms. The summed E-state index contributed by atoms with van der Waals surface area (Å²) in [5.41, 5.74) is 10.5. The quantitative estimate of drug-likeness (QED) is 0.219. The zero-order valence-corrected chi connectivity index (χ0v) is 9.00. The first-order valence-electron chi connectivity index (χ1n) is 4.11. The van der Waals surface area contributed by atoms with Crippen LogP contribution in [0.25, 0.3) is 0 Å². The summed E-state index contributed by atoms with van der Waals surface area (Å²) in [6.45, 7) is 4.41. The number of alkyl halides is 1. The number of nitrogens with zero attached hydrogens (tertiary/aromatic N) is 1. The molecule has 84 valence electrons. The molecule has 0 aromatic rings. The number of hydrogen-bond acceptors (Lipinski definition) is 4. The topological polar surface area (TPSA) is 96.1 Å². The standard InChI is InChI=1S/C9H13ClFN3O/c1-5(11)3-7(4-12)9(10,14)6(2)8(13)15/h3,6,8,15H,1,13-14H2,2H3/b7-3-/t6-,8+,9?/m1/s1. The lowest BCUT2D eigenvalue weighted by atomic mass is 9.93. The Morgan fingerprint density at radius 1 is 1.80 bits per heavy atom. The van der Waals surface area contributed by atoms with Crippen molar-refractivity contribution < 1.29 is 9.50 Å². The van der Waals surface area contributed by atoms with Gasteiger partial charge in [0.2, 0.25) is 0 Å². The molecule has 0 radical (unpaired) electrons. The van der Waals surface area contributed by atoms with Gasteiger partial charge < -0.3 is 16.6 Å². The highest BCUT2D eigenvalue weighted by atomic mass is 35.5. The maximum atomic E-state index is 12.5. The minimum absolute atomic E-state index is 0.242. The van der Waals surface area contributed by atoms with Crippen LogP contribution in [0.5, 0.6) is 0 Å². The summed E-state index contributed by atoms with van der Waals surface area (Å²) >= 11 is 5.83. The van der Waals surface area contributed by atoms with Gasteiger partial charge in [0.15, 0.2) is 0 Å². The molecule has 0 rings (SSSR count). The van der Waals surface area contributed by atoms with Crippen LogP contribution in [0.1, 0.15) is 6.92 Å². The van der Waals surface area contributed by atoms with E-state index in [1.807, 2.05) is 0 Å². The second-order valence-electron chi connectivity index (χ2n) is 3.16. The molecule has 0 aliphatic heterocycles. The molecule has 0 aliphatic rings. The summed E-state index contributed by atoms with van der Waals surface area (Å²) in [5.74, 6) is -1.66. The van der Waals surface area contributed by atoms with E-state index in [1.165, 1.54) is 6.92 Å². The number of nitriles is 1. The van der Waals surface area contributed by atoms with Crippen molar-refractivity contribution >= 4 is 11.6 Å². The Labute approximate surface area is 92.6 Å². The zero-order chi connectivity index (χ0) is 12.2. The normalized spacial score (nSPS) is 19.9. The van der Waals surface area contributed by atoms with Crippen molar-refractivity contribution in [1.29, 1.82) is 5.26 Å². The molecule has 0 amide bonds. The Bertz CT molecular complexity index is 320. The monoisotopic (exact) mass is 233 g/mol. The lowest BCUT2D eigenvalue weighted by Gasteiger charge is -2.30. The van der Waals surface area contributed by atoms with E-state index in [1.54, 1.807) is 6.07 Å². The zero-order valence-electron chi connectivity index (χ0n) is 8.24. The Morgan fingerprint density at radius 2 is 2.27 bits per heavy atom. The van der Waals surface area contributed by atoms with Gasteiger partial charge in [0.1, 0.15) is 17.1 Å². The molecule has 4 nitrogen and oxygen atoms in total. The SMILES string of the molecule is C=C(F)/C=C(/C#N)C(N)(Cl)[C@H](C)[C@@H](N)O. The fourth-order valence-corrected chi connectivity index (χ4v) is 1.10. The van der Waals surface area contributed by atoms with Crippen LogP contribution >= 0.6 is 11.6 Å². The molecule has 1 unspecified atom stereocenters. The molecule has 3 atom stereocenters. The van der Waals surface area contributed by atoms with E-state index >= 15 is 0 Å². The molecule has 0 spiro atoms. The molecule has 0 saturated carbocycles. The molecule has 0 aliphatic carbocycles. The Balaban J connectivity index is 5.16. The van der Waals surface area contributed by atoms with Crippen LogP contribution in [0, 0.1) is 17.2 Å². The van der Waals surface area contributed by atoms with Crippen LogP contribution in [0.4, 0.5) is 4.39 Å². The number of aliphatic hydroxyl groups is 1. The second-order valence-corrected chi connectivity index (χ2v) is 3.79. The van der Waals surface area contributed by atoms with Gasteiger partial charge in [0.25, 0.3) is 0 Å². The van der Waals surface area contributed by atoms with Crippen molar-refractivity contribution in [2.45, 2.75) is 18.1 Å². The molecule has 0 fully saturated rings. The number of allylic oxidation sites excluding steroid dienone is 2. The maximum Gasteiger partial charge on any atom is 0.133 e. The minimum atomic E-state index is -1.72. The average Bonchev–Trinajstić information content (AvgIpc) is 2.11. The first-order chi connectivity index (χ1) is 6.73. The van der Waals surface area contributed by atoms with Gasteiger partial charge in [-0.05, 0) is 6.08 Å². The molecule has 0 heterocycles. The molecule has 0 saturated heterocycles. The summed E-state index contributed by atoms with van der Waals surface area (Å²) in [4.78, 5) is -1.72. The molecule has 15 heavy (non-hydrogen) atoms. The number of rotatable bonds is 4. The van der Waals surface area contributed by atoms with E-state index in [-0.39, 0.29) is 5.57 Å². The summed E-state index contributed by atoms with van der Waals surface area (Å²) in [6, 6.07) is 1.65. The fraction of sp³-hybridized carbons (Fsp3) is 0.444. The molecular weight excluding hydrogens is 221 g/mol. The van der Waals surface area contributed by atoms with E-state index in [4.69, 9.17) is 33.4 Å². The second kappa shape index (κ2) is 5.24. The fourth-order valence-electron chi connectivity index (χ4n) is 0.879. The number of hydrogen-bond donors (Lipinski definition) is 3. The average molecular weight is 234 g/mol. The third-order valence-corrected chi connectivity index (χ3v) is 2.56. The highest BCUT2D eigenvalue weighted by Gasteiger charge is 2.37. The largest absolute Gasteiger partial charge is 0.378 e. The predicted molar refractivity (Wildman–Crippen MR) is 56.1 cm³/mol. The number of aliphatic hydroxyl groups excluding tert-OH is 1. The number of nitrogens with two attached hydrogens (primary N) is 2. The Kier molecular flexibility index (Phi) is 4.91. The van der Waals surface area contributed by atoms with Crippen molar-refractivity contribution in [2.24, 2.45) is 17.4 Å². The van der Waals surface area contributed by atoms with Crippen molar-refractivity contribution in [3.05, 3.63) is 24.1 Å². The van der Waals surface area contributed by atoms with Gasteiger partial charge in [-0.25, -0.2) is 4.39 Å². The van der Waals surface area contributed by atoms with E-state index in [0.29, 0.717) is 0 Å². The van der Waals surface area contributed by atoms with E-state index in [2.05, 4.69) is 6.58 Å². The first-order valence-corrected chi connectivity index (χ1v) is 4.49. The third-order valence-electron chi connectivity index (χ3n) is 2.01. The molecular formula is C9H13ClFN3O. The van der Waals surface area contributed by atoms with Crippen molar-refractivity contribution in [3.8, 4) is 6.07 Å². The first kappa shape index (κ1) is 14.1. The van der Waals surface area contributed by atoms with Gasteiger partial charge in [0, 0.05) is 5.92 Å².